The fraction of sp³-hybridized carbons (Fsp3) is 0.355. The fourth-order valence-corrected chi connectivity index (χ4v) is 7.15. The van der Waals surface area contributed by atoms with Crippen LogP contribution in [0.25, 0.3) is 0 Å². The molecule has 2 aromatic carbocycles. The molecule has 2 heterocycles. The molecule has 0 aromatic heterocycles. The molecule has 15 heteroatoms. The van der Waals surface area contributed by atoms with E-state index in [0.717, 1.165) is 66.8 Å². The normalized spacial score (nSPS) is 19.1. The second-order valence-corrected chi connectivity index (χ2v) is 13.2. The molecule has 244 valence electrons. The van der Waals surface area contributed by atoms with Crippen LogP contribution in [-0.4, -0.2) is 65.0 Å². The minimum Gasteiger partial charge on any atom is -0.333 e. The van der Waals surface area contributed by atoms with Crippen LogP contribution < -0.4 is 4.90 Å². The number of imide groups is 1. The van der Waals surface area contributed by atoms with Crippen LogP contribution in [0, 0.1) is 0 Å². The summed E-state index contributed by atoms with van der Waals surface area (Å²) in [6.07, 6.45) is 12.0. The smallest absolute Gasteiger partial charge is 0.333 e. The van der Waals surface area contributed by atoms with Gasteiger partial charge in [-0.1, -0.05) is 30.4 Å². The highest BCUT2D eigenvalue weighted by Gasteiger charge is 2.48. The summed E-state index contributed by atoms with van der Waals surface area (Å²) in [5, 5.41) is 13.0. The van der Waals surface area contributed by atoms with E-state index in [4.69, 9.17) is 10.1 Å². The molecule has 13 nitrogen and oxygen atoms in total. The van der Waals surface area contributed by atoms with Gasteiger partial charge in [0.2, 0.25) is 5.69 Å². The lowest BCUT2D eigenvalue weighted by Gasteiger charge is -2.37. The Labute approximate surface area is 270 Å². The van der Waals surface area contributed by atoms with Crippen molar-refractivity contribution in [1.82, 2.24) is 5.06 Å². The molecule has 0 radical (unpaired) electrons. The number of rotatable bonds is 11. The fourth-order valence-electron chi connectivity index (χ4n) is 6.27. The molecule has 1 saturated heterocycles. The van der Waals surface area contributed by atoms with E-state index in [0.29, 0.717) is 16.5 Å². The number of nitrogens with zero attached hydrogens (tertiary/aromatic N) is 3. The van der Waals surface area contributed by atoms with Gasteiger partial charge in [0, 0.05) is 52.7 Å². The molecule has 5 rings (SSSR count). The Morgan fingerprint density at radius 1 is 1.04 bits per heavy atom. The van der Waals surface area contributed by atoms with Gasteiger partial charge in [0.1, 0.15) is 13.1 Å². The van der Waals surface area contributed by atoms with E-state index in [-0.39, 0.29) is 24.3 Å². The molecule has 2 aromatic rings. The van der Waals surface area contributed by atoms with Gasteiger partial charge in [0.05, 0.1) is 16.9 Å². The first kappa shape index (κ1) is 33.5. The van der Waals surface area contributed by atoms with Crippen LogP contribution in [0.1, 0.15) is 57.4 Å². The summed E-state index contributed by atoms with van der Waals surface area (Å²) in [4.78, 5) is 45.0. The zero-order valence-electron chi connectivity index (χ0n) is 25.0. The lowest BCUT2D eigenvalue weighted by molar-refractivity contribution is -0.432. The molecule has 1 aliphatic carbocycles. The minimum absolute atomic E-state index is 0.00621. The van der Waals surface area contributed by atoms with Gasteiger partial charge in [0.25, 0.3) is 21.9 Å². The first-order valence-corrected chi connectivity index (χ1v) is 17.0. The third-order valence-electron chi connectivity index (χ3n) is 8.35. The number of anilines is 1. The molecular formula is C31H34N3O10S2+. The van der Waals surface area contributed by atoms with Crippen molar-refractivity contribution in [3.05, 3.63) is 72.0 Å². The molecule has 2 N–H and O–H groups in total. The van der Waals surface area contributed by atoms with E-state index in [1.165, 1.54) is 12.1 Å². The summed E-state index contributed by atoms with van der Waals surface area (Å²) in [7, 11) is -4.30. The molecule has 46 heavy (non-hydrogen) atoms. The number of carbonyl (C=O) groups is 3. The van der Waals surface area contributed by atoms with Crippen LogP contribution in [0.3, 0.4) is 0 Å². The molecular weight excluding hydrogens is 638 g/mol. The van der Waals surface area contributed by atoms with Gasteiger partial charge in [-0.2, -0.15) is 13.0 Å². The Balaban J connectivity index is 1.50. The van der Waals surface area contributed by atoms with E-state index in [2.05, 4.69) is 9.37 Å². The van der Waals surface area contributed by atoms with E-state index in [1.54, 1.807) is 18.2 Å². The second kappa shape index (κ2) is 14.3. The summed E-state index contributed by atoms with van der Waals surface area (Å²) in [5.41, 5.74) is 2.86. The third-order valence-corrected chi connectivity index (χ3v) is 9.79. The van der Waals surface area contributed by atoms with E-state index in [1.807, 2.05) is 53.0 Å². The highest BCUT2D eigenvalue weighted by atomic mass is 32.2. The maximum absolute atomic E-state index is 13.2. The Hall–Kier alpha value is -3.86. The Morgan fingerprint density at radius 3 is 2.37 bits per heavy atom. The average molecular weight is 673 g/mol. The highest BCUT2D eigenvalue weighted by molar-refractivity contribution is 7.94. The zero-order chi connectivity index (χ0) is 32.9. The predicted octanol–water partition coefficient (Wildman–Crippen LogP) is 4.87. The molecule has 2 aliphatic heterocycles. The Morgan fingerprint density at radius 2 is 1.74 bits per heavy atom. The Kier molecular flexibility index (Phi) is 10.4. The van der Waals surface area contributed by atoms with Crippen LogP contribution in [0.15, 0.2) is 76.2 Å². The molecule has 0 unspecified atom stereocenters. The van der Waals surface area contributed by atoms with Gasteiger partial charge in [-0.05, 0) is 61.7 Å². The van der Waals surface area contributed by atoms with Gasteiger partial charge in [-0.25, -0.2) is 10.1 Å². The number of hydrogen-bond donors (Lipinski definition) is 2. The third kappa shape index (κ3) is 7.09. The van der Waals surface area contributed by atoms with Crippen molar-refractivity contribution in [1.29, 1.82) is 0 Å². The van der Waals surface area contributed by atoms with Crippen molar-refractivity contribution >= 4 is 57.5 Å². The van der Waals surface area contributed by atoms with E-state index in [9.17, 15) is 27.4 Å². The lowest BCUT2D eigenvalue weighted by Crippen LogP contribution is -2.39. The molecule has 1 saturated carbocycles. The van der Waals surface area contributed by atoms with Crippen LogP contribution in [-0.2, 0) is 44.1 Å². The summed E-state index contributed by atoms with van der Waals surface area (Å²) in [5.74, 6) is -1.87. The summed E-state index contributed by atoms with van der Waals surface area (Å²) >= 11 is 0.844. The maximum Gasteiger partial charge on any atom is 0.352 e. The van der Waals surface area contributed by atoms with Crippen molar-refractivity contribution in [2.24, 2.45) is 0 Å². The molecule has 2 fully saturated rings. The number of allylic oxidation sites excluding steroid dienone is 4. The summed E-state index contributed by atoms with van der Waals surface area (Å²) < 4.78 is 38.7. The summed E-state index contributed by atoms with van der Waals surface area (Å²) in [6.45, 7) is 2.26. The Bertz CT molecular complexity index is 1680. The van der Waals surface area contributed by atoms with Gasteiger partial charge in [0.15, 0.2) is 6.21 Å². The first-order valence-electron chi connectivity index (χ1n) is 14.8. The monoisotopic (exact) mass is 672 g/mol. The number of benzene rings is 2. The molecule has 0 atom stereocenters. The maximum atomic E-state index is 13.2. The highest BCUT2D eigenvalue weighted by Crippen LogP contribution is 2.56. The standard InChI is InChI=1S/C31H33N3O10S2/c1-2-32(22-9-12-24(13-10-22)46(39,40)41)19-7-4-8-27-31(17-5-3-6-18-31)25-20-23(45-44-43-38)11-14-26(25)33(27)21-30(37)42-34-28(35)15-16-29(34)36/h4,7-14,19-20H,2-3,5-6,15-18,21H2,1H3,(H-,38,39,40,41)/p+1. The molecule has 3 aliphatic rings. The van der Waals surface area contributed by atoms with Gasteiger partial charge >= 0.3 is 5.97 Å². The van der Waals surface area contributed by atoms with Crippen molar-refractivity contribution in [2.75, 3.05) is 18.0 Å². The number of hydroxylamine groups is 2. The topological polar surface area (TPSA) is 163 Å². The van der Waals surface area contributed by atoms with E-state index >= 15 is 0 Å². The number of carbonyl (C=O) groups excluding carboxylic acids is 3. The van der Waals surface area contributed by atoms with Crippen LogP contribution in [0.2, 0.25) is 0 Å². The van der Waals surface area contributed by atoms with Gasteiger partial charge in [-0.3, -0.25) is 14.1 Å². The van der Waals surface area contributed by atoms with Crippen molar-refractivity contribution in [3.63, 3.8) is 0 Å². The quantitative estimate of drug-likeness (QED) is 0.0635. The molecule has 2 amide bonds. The predicted molar refractivity (Wildman–Crippen MR) is 166 cm³/mol. The van der Waals surface area contributed by atoms with Crippen molar-refractivity contribution < 1.29 is 51.4 Å². The average Bonchev–Trinajstić information content (AvgIpc) is 3.48. The largest absolute Gasteiger partial charge is 0.352 e. The summed E-state index contributed by atoms with van der Waals surface area (Å²) in [6, 6.07) is 11.4. The van der Waals surface area contributed by atoms with E-state index < -0.39 is 33.3 Å². The zero-order valence-corrected chi connectivity index (χ0v) is 26.7. The van der Waals surface area contributed by atoms with Crippen LogP contribution in [0.4, 0.5) is 11.4 Å². The van der Waals surface area contributed by atoms with Crippen molar-refractivity contribution in [2.45, 2.75) is 67.1 Å². The van der Waals surface area contributed by atoms with Crippen LogP contribution in [0.5, 0.6) is 0 Å². The van der Waals surface area contributed by atoms with Gasteiger partial charge in [-0.15, -0.1) is 9.40 Å². The van der Waals surface area contributed by atoms with Crippen molar-refractivity contribution in [3.8, 4) is 0 Å². The molecule has 1 spiro atoms. The van der Waals surface area contributed by atoms with Crippen LogP contribution >= 0.6 is 12.0 Å². The first-order chi connectivity index (χ1) is 22.1. The number of hydrogen-bond acceptors (Lipinski definition) is 11. The number of amides is 2. The molecule has 0 bridgehead atoms. The van der Waals surface area contributed by atoms with Gasteiger partial charge < -0.3 is 9.74 Å². The number of fused-ring (bicyclic) bond motifs is 2. The minimum atomic E-state index is -4.30. The SMILES string of the molecule is CC[N+](=CC=CC=C1N(CC(=O)ON2C(=O)CCC2=O)c2ccc(SOOO)cc2C12CCCCC2)c1ccc(S(=O)(=O)O)cc1. The second-order valence-electron chi connectivity index (χ2n) is 11.0. The lowest BCUT2D eigenvalue weighted by atomic mass is 9.68.